The summed E-state index contributed by atoms with van der Waals surface area (Å²) in [6, 6.07) is 15.6. The second-order valence-electron chi connectivity index (χ2n) is 10.8. The quantitative estimate of drug-likeness (QED) is 0.114. The van der Waals surface area contributed by atoms with Crippen molar-refractivity contribution in [3.8, 4) is 11.5 Å². The zero-order valence-corrected chi connectivity index (χ0v) is 26.7. The van der Waals surface area contributed by atoms with Crippen LogP contribution in [0.5, 0.6) is 11.5 Å². The van der Waals surface area contributed by atoms with Crippen molar-refractivity contribution in [1.29, 1.82) is 0 Å². The van der Waals surface area contributed by atoms with Crippen molar-refractivity contribution in [3.05, 3.63) is 102 Å². The van der Waals surface area contributed by atoms with Gasteiger partial charge in [0.15, 0.2) is 0 Å². The van der Waals surface area contributed by atoms with Crippen LogP contribution in [-0.4, -0.2) is 51.5 Å². The first-order valence-electron chi connectivity index (χ1n) is 13.8. The van der Waals surface area contributed by atoms with Gasteiger partial charge in [-0.15, -0.1) is 0 Å². The summed E-state index contributed by atoms with van der Waals surface area (Å²) in [5.74, 6) is 0.396. The molecule has 0 fully saturated rings. The topological polar surface area (TPSA) is 132 Å². The molecule has 0 radical (unpaired) electrons. The van der Waals surface area contributed by atoms with Crippen LogP contribution in [0.4, 0.5) is 10.5 Å². The number of carbonyl (C=O) groups is 3. The van der Waals surface area contributed by atoms with Crippen molar-refractivity contribution in [2.45, 2.75) is 54.1 Å². The third kappa shape index (κ3) is 14.7. The Morgan fingerprint density at radius 3 is 2.02 bits per heavy atom. The molecular weight excluding hydrogens is 560 g/mol. The fraction of sp³-hybridized carbons (Fsp3) is 0.294. The van der Waals surface area contributed by atoms with E-state index in [1.807, 2.05) is 58.0 Å². The summed E-state index contributed by atoms with van der Waals surface area (Å²) in [6.45, 7) is 23.9. The number of benzene rings is 2. The second-order valence-corrected chi connectivity index (χ2v) is 10.8. The summed E-state index contributed by atoms with van der Waals surface area (Å²) in [4.78, 5) is 33.9. The average Bonchev–Trinajstić information content (AvgIpc) is 3.29. The lowest BCUT2D eigenvalue weighted by Crippen LogP contribution is -2.33. The maximum Gasteiger partial charge on any atom is 0.342 e. The highest BCUT2D eigenvalue weighted by molar-refractivity contribution is 6.02. The van der Waals surface area contributed by atoms with Crippen molar-refractivity contribution >= 4 is 29.7 Å². The number of nitrogens with one attached hydrogen (secondary N) is 2. The van der Waals surface area contributed by atoms with Crippen LogP contribution < -0.4 is 15.4 Å². The van der Waals surface area contributed by atoms with Crippen LogP contribution in [0.2, 0.25) is 0 Å². The molecule has 1 heterocycles. The zero-order chi connectivity index (χ0) is 33.4. The van der Waals surface area contributed by atoms with Gasteiger partial charge >= 0.3 is 12.0 Å². The number of ether oxygens (including phenoxy) is 2. The number of aromatic nitrogens is 2. The molecule has 10 heteroatoms. The number of amides is 2. The first-order chi connectivity index (χ1) is 20.5. The minimum absolute atomic E-state index is 0.108. The lowest BCUT2D eigenvalue weighted by molar-refractivity contribution is -0.138. The lowest BCUT2D eigenvalue weighted by atomic mass is 10.2. The van der Waals surface area contributed by atoms with E-state index >= 15 is 0 Å². The van der Waals surface area contributed by atoms with Gasteiger partial charge in [0.05, 0.1) is 12.2 Å². The van der Waals surface area contributed by atoms with E-state index in [1.54, 1.807) is 39.0 Å². The van der Waals surface area contributed by atoms with Crippen LogP contribution in [0.25, 0.3) is 6.08 Å². The smallest absolute Gasteiger partial charge is 0.342 e. The zero-order valence-electron chi connectivity index (χ0n) is 26.7. The maximum absolute atomic E-state index is 11.7. The predicted octanol–water partition coefficient (Wildman–Crippen LogP) is 6.59. The van der Waals surface area contributed by atoms with Crippen LogP contribution >= 0.6 is 0 Å². The molecule has 0 saturated heterocycles. The van der Waals surface area contributed by atoms with E-state index in [0.717, 1.165) is 22.7 Å². The normalized spacial score (nSPS) is 10.1. The highest BCUT2D eigenvalue weighted by Gasteiger charge is 2.11. The van der Waals surface area contributed by atoms with Crippen molar-refractivity contribution in [2.24, 2.45) is 0 Å². The number of hydrogen-bond donors (Lipinski definition) is 3. The fourth-order valence-electron chi connectivity index (χ4n) is 3.14. The predicted molar refractivity (Wildman–Crippen MR) is 175 cm³/mol. The number of esters is 1. The SMILES string of the molecule is C=C(C)C(=O)Nc1ccc(O)cc1.C=C(C)C(=O)OCCNC(=O)n1nc(C)cc1C.C=Cc1ccc(OC(C)(C)C)cc1. The molecule has 0 saturated carbocycles. The molecule has 2 aromatic carbocycles. The molecule has 0 aliphatic heterocycles. The van der Waals surface area contributed by atoms with Crippen LogP contribution in [0.15, 0.2) is 85.5 Å². The molecule has 3 N–H and O–H groups in total. The minimum Gasteiger partial charge on any atom is -0.508 e. The summed E-state index contributed by atoms with van der Waals surface area (Å²) in [7, 11) is 0. The summed E-state index contributed by atoms with van der Waals surface area (Å²) < 4.78 is 11.8. The molecule has 0 unspecified atom stereocenters. The second kappa shape index (κ2) is 17.7. The van der Waals surface area contributed by atoms with Gasteiger partial charge in [-0.25, -0.2) is 9.59 Å². The first kappa shape index (κ1) is 36.9. The minimum atomic E-state index is -0.463. The van der Waals surface area contributed by atoms with E-state index in [1.165, 1.54) is 16.8 Å². The van der Waals surface area contributed by atoms with E-state index in [2.05, 4.69) is 35.5 Å². The third-order valence-corrected chi connectivity index (χ3v) is 5.21. The van der Waals surface area contributed by atoms with Gasteiger partial charge in [0, 0.05) is 22.5 Å². The number of anilines is 1. The van der Waals surface area contributed by atoms with Gasteiger partial charge in [-0.3, -0.25) is 4.79 Å². The Labute approximate surface area is 260 Å². The molecule has 2 amide bonds. The fourth-order valence-corrected chi connectivity index (χ4v) is 3.14. The average molecular weight is 605 g/mol. The standard InChI is InChI=1S/C12H17N3O3.C12H16O.C10H11NO2/c1-8(2)11(16)18-6-5-13-12(17)15-10(4)7-9(3)14-15;1-5-10-6-8-11(9-7-10)13-12(2,3)4;1-7(2)10(13)11-8-3-5-9(12)6-4-8/h7H,1,5-6H2,2-4H3,(H,13,17);5-9H,1H2,2-4H3;3-6,12H,1H2,2H3,(H,11,13). The number of aryl methyl sites for hydroxylation is 2. The van der Waals surface area contributed by atoms with Crippen molar-refractivity contribution < 1.29 is 29.0 Å². The molecule has 3 rings (SSSR count). The van der Waals surface area contributed by atoms with E-state index < -0.39 is 5.97 Å². The Balaban J connectivity index is 0.000000337. The number of carbonyl (C=O) groups excluding carboxylic acids is 3. The number of phenolic OH excluding ortho intramolecular Hbond substituents is 1. The molecule has 10 nitrogen and oxygen atoms in total. The van der Waals surface area contributed by atoms with Crippen LogP contribution in [-0.2, 0) is 14.3 Å². The van der Waals surface area contributed by atoms with E-state index in [-0.39, 0.29) is 36.4 Å². The largest absolute Gasteiger partial charge is 0.508 e. The molecule has 0 bridgehead atoms. The van der Waals surface area contributed by atoms with Gasteiger partial charge in [0.25, 0.3) is 5.91 Å². The van der Waals surface area contributed by atoms with Gasteiger partial charge in [0.1, 0.15) is 23.7 Å². The van der Waals surface area contributed by atoms with E-state index in [0.29, 0.717) is 16.8 Å². The third-order valence-electron chi connectivity index (χ3n) is 5.21. The van der Waals surface area contributed by atoms with Crippen molar-refractivity contribution in [3.63, 3.8) is 0 Å². The van der Waals surface area contributed by atoms with Gasteiger partial charge < -0.3 is 25.2 Å². The Hall–Kier alpha value is -5.12. The molecule has 3 aromatic rings. The number of rotatable bonds is 8. The number of phenols is 1. The Morgan fingerprint density at radius 1 is 0.977 bits per heavy atom. The van der Waals surface area contributed by atoms with Crippen molar-refractivity contribution in [2.75, 3.05) is 18.5 Å². The molecular formula is C34H44N4O6. The monoisotopic (exact) mass is 604 g/mol. The van der Waals surface area contributed by atoms with Gasteiger partial charge in [-0.05, 0) is 96.5 Å². The van der Waals surface area contributed by atoms with Crippen LogP contribution in [0.1, 0.15) is 51.6 Å². The van der Waals surface area contributed by atoms with Crippen LogP contribution in [0.3, 0.4) is 0 Å². The molecule has 1 aromatic heterocycles. The summed E-state index contributed by atoms with van der Waals surface area (Å²) >= 11 is 0. The highest BCUT2D eigenvalue weighted by Crippen LogP contribution is 2.18. The number of hydrogen-bond acceptors (Lipinski definition) is 7. The first-order valence-corrected chi connectivity index (χ1v) is 13.8. The molecule has 0 atom stereocenters. The lowest BCUT2D eigenvalue weighted by Gasteiger charge is -2.21. The summed E-state index contributed by atoms with van der Waals surface area (Å²) in [5, 5.41) is 18.2. The Morgan fingerprint density at radius 2 is 1.57 bits per heavy atom. The van der Waals surface area contributed by atoms with E-state index in [4.69, 9.17) is 14.6 Å². The molecule has 0 aliphatic rings. The van der Waals surface area contributed by atoms with Gasteiger partial charge in [-0.1, -0.05) is 37.9 Å². The molecule has 44 heavy (non-hydrogen) atoms. The Bertz CT molecular complexity index is 1430. The van der Waals surface area contributed by atoms with Crippen molar-refractivity contribution in [1.82, 2.24) is 15.1 Å². The van der Waals surface area contributed by atoms with Crippen LogP contribution in [0, 0.1) is 13.8 Å². The number of aromatic hydroxyl groups is 1. The molecule has 0 spiro atoms. The molecule has 236 valence electrons. The van der Waals surface area contributed by atoms with Gasteiger partial charge in [-0.2, -0.15) is 9.78 Å². The summed E-state index contributed by atoms with van der Waals surface area (Å²) in [5.41, 5.74) is 3.94. The van der Waals surface area contributed by atoms with Gasteiger partial charge in [0.2, 0.25) is 0 Å². The molecule has 0 aliphatic carbocycles. The Kier molecular flexibility index (Phi) is 14.9. The highest BCUT2D eigenvalue weighted by atomic mass is 16.5. The maximum atomic E-state index is 11.7. The summed E-state index contributed by atoms with van der Waals surface area (Å²) in [6.07, 6.45) is 1.82. The number of nitrogens with zero attached hydrogens (tertiary/aromatic N) is 2. The van der Waals surface area contributed by atoms with E-state index in [9.17, 15) is 14.4 Å².